The third-order valence-corrected chi connectivity index (χ3v) is 4.77. The average molecular weight is 343 g/mol. The fourth-order valence-electron chi connectivity index (χ4n) is 3.47. The molecule has 25 heavy (non-hydrogen) atoms. The van der Waals surface area contributed by atoms with E-state index in [-0.39, 0.29) is 35.0 Å². The van der Waals surface area contributed by atoms with E-state index in [2.05, 4.69) is 5.10 Å². The van der Waals surface area contributed by atoms with Gasteiger partial charge in [0, 0.05) is 18.0 Å². The van der Waals surface area contributed by atoms with E-state index in [1.54, 1.807) is 29.2 Å². The third kappa shape index (κ3) is 3.26. The minimum absolute atomic E-state index is 0.177. The summed E-state index contributed by atoms with van der Waals surface area (Å²) in [6.45, 7) is 2.48. The van der Waals surface area contributed by atoms with Gasteiger partial charge in [-0.15, -0.1) is 0 Å². The molecule has 1 aliphatic rings. The van der Waals surface area contributed by atoms with E-state index in [0.717, 1.165) is 30.4 Å². The average Bonchev–Trinajstić information content (AvgIpc) is 2.63. The van der Waals surface area contributed by atoms with Crippen LogP contribution in [0.3, 0.4) is 0 Å². The fourth-order valence-corrected chi connectivity index (χ4v) is 3.47. The Morgan fingerprint density at radius 3 is 2.64 bits per heavy atom. The van der Waals surface area contributed by atoms with Crippen LogP contribution >= 0.6 is 0 Å². The Kier molecular flexibility index (Phi) is 4.83. The van der Waals surface area contributed by atoms with Gasteiger partial charge in [-0.1, -0.05) is 25.1 Å². The number of rotatable bonds is 4. The number of likely N-dealkylation sites (tertiary alicyclic amines) is 1. The second-order valence-corrected chi connectivity index (χ2v) is 6.31. The molecule has 7 nitrogen and oxygen atoms in total. The van der Waals surface area contributed by atoms with Crippen molar-refractivity contribution in [1.29, 1.82) is 0 Å². The molecule has 0 radical (unpaired) electrons. The number of benzene rings is 1. The molecule has 1 unspecified atom stereocenters. The van der Waals surface area contributed by atoms with Crippen LogP contribution in [0.1, 0.15) is 43.1 Å². The minimum atomic E-state index is -1.22. The summed E-state index contributed by atoms with van der Waals surface area (Å²) in [5.41, 5.74) is -0.660. The Hall–Kier alpha value is -2.70. The van der Waals surface area contributed by atoms with Crippen LogP contribution in [0.15, 0.2) is 29.1 Å². The molecule has 1 aromatic heterocycles. The van der Waals surface area contributed by atoms with Crippen LogP contribution in [-0.2, 0) is 11.3 Å². The van der Waals surface area contributed by atoms with E-state index in [0.29, 0.717) is 6.54 Å². The predicted octanol–water partition coefficient (Wildman–Crippen LogP) is 1.89. The molecule has 1 N–H and O–H groups in total. The van der Waals surface area contributed by atoms with Crippen molar-refractivity contribution >= 4 is 22.6 Å². The van der Waals surface area contributed by atoms with Crippen molar-refractivity contribution in [2.45, 2.75) is 45.2 Å². The summed E-state index contributed by atoms with van der Waals surface area (Å²) < 4.78 is 0.982. The van der Waals surface area contributed by atoms with E-state index in [9.17, 15) is 19.5 Å². The number of nitrogens with zero attached hydrogens (tertiary/aromatic N) is 3. The first-order chi connectivity index (χ1) is 12.0. The molecule has 0 aliphatic carbocycles. The third-order valence-electron chi connectivity index (χ3n) is 4.77. The second kappa shape index (κ2) is 7.04. The highest BCUT2D eigenvalue weighted by atomic mass is 16.4. The molecule has 1 aliphatic heterocycles. The largest absolute Gasteiger partial charge is 0.476 e. The lowest BCUT2D eigenvalue weighted by Crippen LogP contribution is -2.46. The van der Waals surface area contributed by atoms with Gasteiger partial charge < -0.3 is 10.0 Å². The second-order valence-electron chi connectivity index (χ2n) is 6.31. The van der Waals surface area contributed by atoms with Crippen molar-refractivity contribution in [1.82, 2.24) is 14.7 Å². The molecular formula is C18H21N3O4. The first-order valence-corrected chi connectivity index (χ1v) is 8.55. The highest BCUT2D eigenvalue weighted by Gasteiger charge is 2.26. The monoisotopic (exact) mass is 343 g/mol. The van der Waals surface area contributed by atoms with Crippen LogP contribution in [0.25, 0.3) is 10.8 Å². The summed E-state index contributed by atoms with van der Waals surface area (Å²) in [6.07, 6.45) is 3.87. The van der Waals surface area contributed by atoms with Gasteiger partial charge in [-0.25, -0.2) is 9.48 Å². The molecule has 7 heteroatoms. The molecular weight excluding hydrogens is 322 g/mol. The van der Waals surface area contributed by atoms with E-state index >= 15 is 0 Å². The number of aromatic nitrogens is 2. The molecule has 2 heterocycles. The van der Waals surface area contributed by atoms with Crippen molar-refractivity contribution in [3.63, 3.8) is 0 Å². The zero-order valence-corrected chi connectivity index (χ0v) is 14.1. The van der Waals surface area contributed by atoms with Crippen LogP contribution in [0, 0.1) is 0 Å². The summed E-state index contributed by atoms with van der Waals surface area (Å²) in [7, 11) is 0. The van der Waals surface area contributed by atoms with Crippen molar-refractivity contribution < 1.29 is 14.7 Å². The normalized spacial score (nSPS) is 17.6. The number of carboxylic acid groups (broad SMARTS) is 1. The van der Waals surface area contributed by atoms with Crippen molar-refractivity contribution in [2.24, 2.45) is 0 Å². The summed E-state index contributed by atoms with van der Waals surface area (Å²) >= 11 is 0. The number of fused-ring (bicyclic) bond motifs is 1. The smallest absolute Gasteiger partial charge is 0.357 e. The fraction of sp³-hybridized carbons (Fsp3) is 0.444. The Balaban J connectivity index is 1.98. The van der Waals surface area contributed by atoms with Gasteiger partial charge in [-0.3, -0.25) is 9.59 Å². The Morgan fingerprint density at radius 2 is 1.96 bits per heavy atom. The van der Waals surface area contributed by atoms with Gasteiger partial charge in [0.1, 0.15) is 6.54 Å². The van der Waals surface area contributed by atoms with Crippen molar-refractivity contribution in [2.75, 3.05) is 6.54 Å². The number of aromatic carboxylic acids is 1. The van der Waals surface area contributed by atoms with Gasteiger partial charge in [-0.2, -0.15) is 5.10 Å². The predicted molar refractivity (Wildman–Crippen MR) is 92.6 cm³/mol. The minimum Gasteiger partial charge on any atom is -0.476 e. The lowest BCUT2D eigenvalue weighted by molar-refractivity contribution is -0.135. The quantitative estimate of drug-likeness (QED) is 0.915. The van der Waals surface area contributed by atoms with Crippen LogP contribution < -0.4 is 5.56 Å². The number of piperidine rings is 1. The Bertz CT molecular complexity index is 874. The lowest BCUT2D eigenvalue weighted by atomic mass is 10.00. The topological polar surface area (TPSA) is 92.5 Å². The van der Waals surface area contributed by atoms with Crippen LogP contribution in [0.2, 0.25) is 0 Å². The molecule has 1 aromatic carbocycles. The number of hydrogen-bond acceptors (Lipinski definition) is 4. The maximum absolute atomic E-state index is 12.7. The molecule has 2 aromatic rings. The number of hydrogen-bond donors (Lipinski definition) is 1. The van der Waals surface area contributed by atoms with E-state index in [1.807, 2.05) is 6.92 Å². The van der Waals surface area contributed by atoms with Crippen LogP contribution in [-0.4, -0.2) is 44.3 Å². The number of carbonyl (C=O) groups is 2. The van der Waals surface area contributed by atoms with Gasteiger partial charge in [0.05, 0.1) is 5.39 Å². The highest BCUT2D eigenvalue weighted by molar-refractivity contribution is 6.01. The maximum atomic E-state index is 12.7. The molecule has 1 amide bonds. The molecule has 0 saturated carbocycles. The summed E-state index contributed by atoms with van der Waals surface area (Å²) in [4.78, 5) is 38.6. The van der Waals surface area contributed by atoms with Crippen molar-refractivity contribution in [3.05, 3.63) is 40.3 Å². The van der Waals surface area contributed by atoms with Crippen molar-refractivity contribution in [3.8, 4) is 0 Å². The zero-order chi connectivity index (χ0) is 18.0. The molecule has 0 spiro atoms. The number of carboxylic acids is 1. The molecule has 132 valence electrons. The maximum Gasteiger partial charge on any atom is 0.357 e. The number of amides is 1. The van der Waals surface area contributed by atoms with E-state index < -0.39 is 11.5 Å². The summed E-state index contributed by atoms with van der Waals surface area (Å²) in [6, 6.07) is 6.61. The highest BCUT2D eigenvalue weighted by Crippen LogP contribution is 2.20. The van der Waals surface area contributed by atoms with Crippen LogP contribution in [0.4, 0.5) is 0 Å². The molecule has 0 bridgehead atoms. The standard InChI is InChI=1S/C18H21N3O4/c1-2-12-7-5-6-10-20(12)15(22)11-21-17(23)14-9-4-3-8-13(14)16(19-21)18(24)25/h3-4,8-9,12H,2,5-7,10-11H2,1H3,(H,24,25). The van der Waals surface area contributed by atoms with Gasteiger partial charge in [0.25, 0.3) is 5.56 Å². The van der Waals surface area contributed by atoms with Gasteiger partial charge in [0.2, 0.25) is 5.91 Å². The molecule has 1 fully saturated rings. The first-order valence-electron chi connectivity index (χ1n) is 8.55. The summed E-state index contributed by atoms with van der Waals surface area (Å²) in [5, 5.41) is 13.9. The first kappa shape index (κ1) is 17.1. The van der Waals surface area contributed by atoms with Gasteiger partial charge in [-0.05, 0) is 31.7 Å². The zero-order valence-electron chi connectivity index (χ0n) is 14.1. The van der Waals surface area contributed by atoms with Gasteiger partial charge >= 0.3 is 5.97 Å². The Morgan fingerprint density at radius 1 is 1.24 bits per heavy atom. The summed E-state index contributed by atoms with van der Waals surface area (Å²) in [5.74, 6) is -1.41. The SMILES string of the molecule is CCC1CCCCN1C(=O)Cn1nc(C(=O)O)c2ccccc2c1=O. The molecule has 3 rings (SSSR count). The lowest BCUT2D eigenvalue weighted by Gasteiger charge is -2.35. The Labute approximate surface area is 144 Å². The van der Waals surface area contributed by atoms with E-state index in [4.69, 9.17) is 0 Å². The van der Waals surface area contributed by atoms with E-state index in [1.165, 1.54) is 0 Å². The molecule has 1 atom stereocenters. The van der Waals surface area contributed by atoms with Gasteiger partial charge in [0.15, 0.2) is 5.69 Å². The number of carbonyl (C=O) groups excluding carboxylic acids is 1. The van der Waals surface area contributed by atoms with Crippen LogP contribution in [0.5, 0.6) is 0 Å². The molecule has 1 saturated heterocycles.